The lowest BCUT2D eigenvalue weighted by Crippen LogP contribution is -2.31. The van der Waals surface area contributed by atoms with E-state index in [1.165, 1.54) is 33.6 Å². The molecule has 2 aromatic carbocycles. The van der Waals surface area contributed by atoms with E-state index in [9.17, 15) is 9.59 Å². The zero-order valence-electron chi connectivity index (χ0n) is 16.8. The number of rotatable bonds is 4. The number of fused-ring (bicyclic) bond motifs is 2. The summed E-state index contributed by atoms with van der Waals surface area (Å²) in [6, 6.07) is 15.0. The van der Waals surface area contributed by atoms with Gasteiger partial charge >= 0.3 is 0 Å². The number of carbonyl (C=O) groups excluding carboxylic acids is 1. The summed E-state index contributed by atoms with van der Waals surface area (Å²) >= 11 is 2.83. The maximum atomic E-state index is 13.3. The predicted molar refractivity (Wildman–Crippen MR) is 127 cm³/mol. The summed E-state index contributed by atoms with van der Waals surface area (Å²) < 4.78 is 2.38. The molecule has 1 N–H and O–H groups in total. The van der Waals surface area contributed by atoms with Crippen molar-refractivity contribution >= 4 is 54.1 Å². The molecule has 8 heteroatoms. The first kappa shape index (κ1) is 19.6. The average molecular weight is 447 g/mol. The Bertz CT molecular complexity index is 1450. The Kier molecular flexibility index (Phi) is 4.88. The van der Waals surface area contributed by atoms with Crippen LogP contribution in [-0.2, 0) is 4.79 Å². The van der Waals surface area contributed by atoms with E-state index >= 15 is 0 Å². The molecule has 1 atom stereocenters. The van der Waals surface area contributed by atoms with Crippen LogP contribution < -0.4 is 10.9 Å². The zero-order valence-corrected chi connectivity index (χ0v) is 18.5. The van der Waals surface area contributed by atoms with Gasteiger partial charge in [0.2, 0.25) is 5.91 Å². The van der Waals surface area contributed by atoms with Crippen LogP contribution in [0.5, 0.6) is 0 Å². The summed E-state index contributed by atoms with van der Waals surface area (Å²) in [4.78, 5) is 35.7. The van der Waals surface area contributed by atoms with Crippen LogP contribution in [0.15, 0.2) is 65.0 Å². The molecular weight excluding hydrogens is 428 g/mol. The van der Waals surface area contributed by atoms with E-state index in [4.69, 9.17) is 0 Å². The second-order valence-corrected chi connectivity index (χ2v) is 9.19. The van der Waals surface area contributed by atoms with Gasteiger partial charge in [0.25, 0.3) is 5.56 Å². The number of hydrogen-bond donors (Lipinski definition) is 1. The lowest BCUT2D eigenvalue weighted by atomic mass is 10.0. The molecule has 0 saturated heterocycles. The molecule has 0 aliphatic rings. The van der Waals surface area contributed by atoms with Gasteiger partial charge in [-0.1, -0.05) is 53.3 Å². The van der Waals surface area contributed by atoms with Gasteiger partial charge in [-0.05, 0) is 31.5 Å². The average Bonchev–Trinajstić information content (AvgIpc) is 3.38. The first-order chi connectivity index (χ1) is 15.0. The number of para-hydroxylation sites is 1. The fourth-order valence-corrected chi connectivity index (χ4v) is 5.20. The molecule has 1 amide bonds. The van der Waals surface area contributed by atoms with Crippen molar-refractivity contribution in [3.63, 3.8) is 0 Å². The molecule has 3 heterocycles. The van der Waals surface area contributed by atoms with Gasteiger partial charge in [0.05, 0.1) is 21.9 Å². The minimum Gasteiger partial charge on any atom is -0.300 e. The summed E-state index contributed by atoms with van der Waals surface area (Å²) in [5.74, 6) is -0.311. The fraction of sp³-hybridized carbons (Fsp3) is 0.130. The quantitative estimate of drug-likeness (QED) is 0.409. The maximum Gasteiger partial charge on any atom is 0.263 e. The van der Waals surface area contributed by atoms with Gasteiger partial charge in [-0.25, -0.2) is 9.97 Å². The van der Waals surface area contributed by atoms with E-state index in [0.29, 0.717) is 15.3 Å². The number of nitrogens with one attached hydrogen (secondary N) is 1. The molecule has 0 aliphatic heterocycles. The topological polar surface area (TPSA) is 76.9 Å². The Balaban J connectivity index is 1.49. The van der Waals surface area contributed by atoms with Gasteiger partial charge < -0.3 is 5.32 Å². The number of aryl methyl sites for hydroxylation is 1. The van der Waals surface area contributed by atoms with Crippen molar-refractivity contribution < 1.29 is 4.79 Å². The molecule has 5 aromatic rings. The normalized spacial score (nSPS) is 12.3. The molecule has 0 fully saturated rings. The van der Waals surface area contributed by atoms with Gasteiger partial charge in [0.15, 0.2) is 5.13 Å². The number of amides is 1. The van der Waals surface area contributed by atoms with Crippen molar-refractivity contribution in [1.29, 1.82) is 0 Å². The predicted octanol–water partition coefficient (Wildman–Crippen LogP) is 5.24. The lowest BCUT2D eigenvalue weighted by molar-refractivity contribution is -0.118. The van der Waals surface area contributed by atoms with E-state index in [1.54, 1.807) is 6.92 Å². The highest BCUT2D eigenvalue weighted by molar-refractivity contribution is 7.22. The van der Waals surface area contributed by atoms with Crippen molar-refractivity contribution in [2.24, 2.45) is 0 Å². The third-order valence-electron chi connectivity index (χ3n) is 5.20. The van der Waals surface area contributed by atoms with E-state index in [0.717, 1.165) is 26.9 Å². The van der Waals surface area contributed by atoms with Crippen LogP contribution in [0.4, 0.5) is 5.13 Å². The van der Waals surface area contributed by atoms with E-state index in [-0.39, 0.29) is 11.5 Å². The Morgan fingerprint density at radius 1 is 1.13 bits per heavy atom. The van der Waals surface area contributed by atoms with Crippen LogP contribution in [0, 0.1) is 6.92 Å². The number of hydrogen-bond acceptors (Lipinski definition) is 6. The molecular formula is C23H18N4O2S2. The molecule has 31 heavy (non-hydrogen) atoms. The van der Waals surface area contributed by atoms with Gasteiger partial charge in [0.1, 0.15) is 10.9 Å². The second-order valence-electron chi connectivity index (χ2n) is 7.30. The molecule has 0 saturated carbocycles. The Morgan fingerprint density at radius 2 is 1.90 bits per heavy atom. The summed E-state index contributed by atoms with van der Waals surface area (Å²) in [6.45, 7) is 3.71. The van der Waals surface area contributed by atoms with Crippen molar-refractivity contribution in [3.05, 3.63) is 76.2 Å². The van der Waals surface area contributed by atoms with Crippen LogP contribution in [-0.4, -0.2) is 20.4 Å². The van der Waals surface area contributed by atoms with Gasteiger partial charge in [0, 0.05) is 10.9 Å². The molecule has 0 radical (unpaired) electrons. The van der Waals surface area contributed by atoms with Gasteiger partial charge in [-0.3, -0.25) is 14.2 Å². The Morgan fingerprint density at radius 3 is 2.68 bits per heavy atom. The van der Waals surface area contributed by atoms with Gasteiger partial charge in [-0.2, -0.15) is 0 Å². The highest BCUT2D eigenvalue weighted by Crippen LogP contribution is 2.31. The zero-order chi connectivity index (χ0) is 21.5. The molecule has 3 aromatic heterocycles. The maximum absolute atomic E-state index is 13.3. The van der Waals surface area contributed by atoms with Crippen LogP contribution >= 0.6 is 22.7 Å². The van der Waals surface area contributed by atoms with E-state index in [1.807, 2.05) is 60.8 Å². The van der Waals surface area contributed by atoms with Crippen LogP contribution in [0.25, 0.3) is 31.6 Å². The third-order valence-corrected chi connectivity index (χ3v) is 7.04. The fourth-order valence-electron chi connectivity index (χ4n) is 3.43. The molecule has 6 nitrogen and oxygen atoms in total. The number of aromatic nitrogens is 3. The van der Waals surface area contributed by atoms with E-state index in [2.05, 4.69) is 15.3 Å². The number of thiazole rings is 1. The molecule has 0 spiro atoms. The summed E-state index contributed by atoms with van der Waals surface area (Å²) in [5, 5.41) is 5.83. The minimum atomic E-state index is -0.734. The van der Waals surface area contributed by atoms with Crippen molar-refractivity contribution in [3.8, 4) is 11.1 Å². The summed E-state index contributed by atoms with van der Waals surface area (Å²) in [7, 11) is 0. The van der Waals surface area contributed by atoms with Crippen molar-refractivity contribution in [1.82, 2.24) is 14.5 Å². The van der Waals surface area contributed by atoms with Crippen LogP contribution in [0.1, 0.15) is 18.5 Å². The molecule has 5 rings (SSSR count). The molecule has 0 bridgehead atoms. The number of thiophene rings is 1. The number of nitrogens with zero attached hydrogens (tertiary/aromatic N) is 3. The monoisotopic (exact) mass is 446 g/mol. The SMILES string of the molecule is Cc1ccc(-c2csc3ncn(C(C)C(=O)Nc4nc5ccccc5s4)c(=O)c23)cc1. The highest BCUT2D eigenvalue weighted by atomic mass is 32.1. The Labute approximate surface area is 185 Å². The first-order valence-corrected chi connectivity index (χ1v) is 11.4. The Hall–Kier alpha value is -3.36. The van der Waals surface area contributed by atoms with Crippen LogP contribution in [0.2, 0.25) is 0 Å². The summed E-state index contributed by atoms with van der Waals surface area (Å²) in [6.07, 6.45) is 1.45. The van der Waals surface area contributed by atoms with Crippen molar-refractivity contribution in [2.45, 2.75) is 19.9 Å². The lowest BCUT2D eigenvalue weighted by Gasteiger charge is -2.14. The standard InChI is InChI=1S/C23H18N4O2S2/c1-13-7-9-15(10-8-13)16-11-30-21-19(16)22(29)27(12-24-21)14(2)20(28)26-23-25-17-5-3-4-6-18(17)31-23/h3-12,14H,1-2H3,(H,25,26,28). The van der Waals surface area contributed by atoms with E-state index < -0.39 is 6.04 Å². The highest BCUT2D eigenvalue weighted by Gasteiger charge is 2.21. The molecule has 154 valence electrons. The number of carbonyl (C=O) groups is 1. The second kappa shape index (κ2) is 7.72. The largest absolute Gasteiger partial charge is 0.300 e. The minimum absolute atomic E-state index is 0.228. The van der Waals surface area contributed by atoms with Crippen molar-refractivity contribution in [2.75, 3.05) is 5.32 Å². The molecule has 0 aliphatic carbocycles. The smallest absolute Gasteiger partial charge is 0.263 e. The number of anilines is 1. The first-order valence-electron chi connectivity index (χ1n) is 9.73. The molecule has 1 unspecified atom stereocenters. The number of benzene rings is 2. The van der Waals surface area contributed by atoms with Crippen LogP contribution in [0.3, 0.4) is 0 Å². The van der Waals surface area contributed by atoms with Gasteiger partial charge in [-0.15, -0.1) is 11.3 Å². The summed E-state index contributed by atoms with van der Waals surface area (Å²) in [5.41, 5.74) is 3.55. The third kappa shape index (κ3) is 3.54.